The van der Waals surface area contributed by atoms with Crippen LogP contribution in [0.5, 0.6) is 0 Å². The number of piperazine rings is 1. The lowest BCUT2D eigenvalue weighted by molar-refractivity contribution is 0.195. The topological polar surface area (TPSA) is 33.1 Å². The van der Waals surface area contributed by atoms with Gasteiger partial charge in [-0.25, -0.2) is 0 Å². The highest BCUT2D eigenvalue weighted by Gasteiger charge is 2.20. The van der Waals surface area contributed by atoms with Gasteiger partial charge in [0, 0.05) is 38.8 Å². The first kappa shape index (κ1) is 13.8. The molecule has 1 aliphatic rings. The van der Waals surface area contributed by atoms with E-state index in [0.29, 0.717) is 6.04 Å². The van der Waals surface area contributed by atoms with E-state index in [9.17, 15) is 0 Å². The molecule has 102 valence electrons. The molecule has 0 saturated carbocycles. The van der Waals surface area contributed by atoms with E-state index < -0.39 is 0 Å². The minimum atomic E-state index is 0.557. The quantitative estimate of drug-likeness (QED) is 0.907. The zero-order valence-electron chi connectivity index (χ0n) is 11.5. The van der Waals surface area contributed by atoms with Crippen LogP contribution < -0.4 is 5.32 Å². The molecule has 0 aliphatic carbocycles. The molecular formula is C13H23ClN4. The summed E-state index contributed by atoms with van der Waals surface area (Å²) in [5.41, 5.74) is 2.20. The van der Waals surface area contributed by atoms with E-state index in [0.717, 1.165) is 49.9 Å². The van der Waals surface area contributed by atoms with E-state index in [2.05, 4.69) is 36.1 Å². The van der Waals surface area contributed by atoms with Gasteiger partial charge in [-0.05, 0) is 20.3 Å². The molecule has 0 aromatic carbocycles. The van der Waals surface area contributed by atoms with Gasteiger partial charge < -0.3 is 5.32 Å². The predicted molar refractivity (Wildman–Crippen MR) is 75.0 cm³/mol. The number of aromatic nitrogens is 2. The van der Waals surface area contributed by atoms with Crippen LogP contribution in [0.3, 0.4) is 0 Å². The van der Waals surface area contributed by atoms with Gasteiger partial charge in [0.1, 0.15) is 0 Å². The molecule has 1 aliphatic heterocycles. The highest BCUT2D eigenvalue weighted by Crippen LogP contribution is 2.23. The molecule has 0 unspecified atom stereocenters. The van der Waals surface area contributed by atoms with Crippen LogP contribution in [-0.2, 0) is 19.5 Å². The molecule has 4 nitrogen and oxygen atoms in total. The molecule has 2 rings (SSSR count). The van der Waals surface area contributed by atoms with Crippen LogP contribution in [0.1, 0.15) is 32.2 Å². The summed E-state index contributed by atoms with van der Waals surface area (Å²) in [5.74, 6) is 0. The van der Waals surface area contributed by atoms with Crippen LogP contribution in [0, 0.1) is 0 Å². The van der Waals surface area contributed by atoms with Gasteiger partial charge in [-0.2, -0.15) is 5.10 Å². The third-order valence-electron chi connectivity index (χ3n) is 3.52. The average molecular weight is 271 g/mol. The summed E-state index contributed by atoms with van der Waals surface area (Å²) in [6.07, 6.45) is 0.900. The van der Waals surface area contributed by atoms with E-state index in [1.165, 1.54) is 5.69 Å². The summed E-state index contributed by atoms with van der Waals surface area (Å²) in [7, 11) is 0. The summed E-state index contributed by atoms with van der Waals surface area (Å²) < 4.78 is 2.05. The molecule has 18 heavy (non-hydrogen) atoms. The number of nitrogens with one attached hydrogen (secondary N) is 1. The second-order valence-electron chi connectivity index (χ2n) is 4.97. The SMILES string of the molecule is CCc1nn(CC)c(CN2CCN[C@H](C)C2)c1Cl. The molecule has 1 N–H and O–H groups in total. The van der Waals surface area contributed by atoms with Crippen molar-refractivity contribution in [1.29, 1.82) is 0 Å². The first-order chi connectivity index (χ1) is 8.65. The Balaban J connectivity index is 2.14. The molecule has 1 aromatic heterocycles. The molecule has 1 atom stereocenters. The van der Waals surface area contributed by atoms with E-state index in [1.807, 2.05) is 4.68 Å². The second kappa shape index (κ2) is 6.04. The number of hydrogen-bond donors (Lipinski definition) is 1. The maximum absolute atomic E-state index is 6.44. The summed E-state index contributed by atoms with van der Waals surface area (Å²) in [6.45, 7) is 11.5. The number of aryl methyl sites for hydroxylation is 2. The Kier molecular flexibility index (Phi) is 4.65. The Morgan fingerprint density at radius 2 is 2.22 bits per heavy atom. The number of rotatable bonds is 4. The van der Waals surface area contributed by atoms with Crippen molar-refractivity contribution in [2.75, 3.05) is 19.6 Å². The summed E-state index contributed by atoms with van der Waals surface area (Å²) in [6, 6.07) is 0.557. The molecule has 1 fully saturated rings. The van der Waals surface area contributed by atoms with Gasteiger partial charge in [-0.1, -0.05) is 18.5 Å². The highest BCUT2D eigenvalue weighted by molar-refractivity contribution is 6.31. The molecule has 0 spiro atoms. The zero-order valence-corrected chi connectivity index (χ0v) is 12.3. The van der Waals surface area contributed by atoms with E-state index in [-0.39, 0.29) is 0 Å². The van der Waals surface area contributed by atoms with Gasteiger partial charge in [0.05, 0.1) is 16.4 Å². The number of halogens is 1. The Labute approximate surface area is 114 Å². The van der Waals surface area contributed by atoms with Crippen molar-refractivity contribution < 1.29 is 0 Å². The lowest BCUT2D eigenvalue weighted by Gasteiger charge is -2.31. The van der Waals surface area contributed by atoms with Gasteiger partial charge in [0.25, 0.3) is 0 Å². The van der Waals surface area contributed by atoms with Crippen LogP contribution in [0.4, 0.5) is 0 Å². The molecule has 0 amide bonds. The van der Waals surface area contributed by atoms with Crippen LogP contribution in [0.25, 0.3) is 0 Å². The zero-order chi connectivity index (χ0) is 13.1. The van der Waals surface area contributed by atoms with Crippen molar-refractivity contribution in [3.8, 4) is 0 Å². The minimum Gasteiger partial charge on any atom is -0.312 e. The third kappa shape index (κ3) is 2.87. The molecule has 0 radical (unpaired) electrons. The summed E-state index contributed by atoms with van der Waals surface area (Å²) >= 11 is 6.44. The Morgan fingerprint density at radius 1 is 1.44 bits per heavy atom. The maximum atomic E-state index is 6.44. The van der Waals surface area contributed by atoms with E-state index in [4.69, 9.17) is 11.6 Å². The van der Waals surface area contributed by atoms with Crippen LogP contribution in [-0.4, -0.2) is 40.4 Å². The van der Waals surface area contributed by atoms with Gasteiger partial charge in [0.2, 0.25) is 0 Å². The number of hydrogen-bond acceptors (Lipinski definition) is 3. The smallest absolute Gasteiger partial charge is 0.0863 e. The van der Waals surface area contributed by atoms with Gasteiger partial charge in [-0.15, -0.1) is 0 Å². The summed E-state index contributed by atoms with van der Waals surface area (Å²) in [5, 5.41) is 8.90. The fraction of sp³-hybridized carbons (Fsp3) is 0.769. The molecule has 5 heteroatoms. The van der Waals surface area contributed by atoms with Crippen molar-refractivity contribution in [1.82, 2.24) is 20.0 Å². The average Bonchev–Trinajstić information content (AvgIpc) is 2.66. The van der Waals surface area contributed by atoms with Crippen molar-refractivity contribution >= 4 is 11.6 Å². The Bertz CT molecular complexity index is 402. The lowest BCUT2D eigenvalue weighted by atomic mass is 10.2. The molecule has 2 heterocycles. The molecule has 0 bridgehead atoms. The van der Waals surface area contributed by atoms with Crippen molar-refractivity contribution in [2.45, 2.75) is 46.3 Å². The van der Waals surface area contributed by atoms with Gasteiger partial charge in [0.15, 0.2) is 0 Å². The molecule has 1 aromatic rings. The third-order valence-corrected chi connectivity index (χ3v) is 3.96. The fourth-order valence-electron chi connectivity index (χ4n) is 2.54. The van der Waals surface area contributed by atoms with Crippen molar-refractivity contribution in [2.24, 2.45) is 0 Å². The monoisotopic (exact) mass is 270 g/mol. The highest BCUT2D eigenvalue weighted by atomic mass is 35.5. The second-order valence-corrected chi connectivity index (χ2v) is 5.34. The standard InChI is InChI=1S/C13H23ClN4/c1-4-11-13(14)12(18(5-2)16-11)9-17-7-6-15-10(3)8-17/h10,15H,4-9H2,1-3H3/t10-/m1/s1. The summed E-state index contributed by atoms with van der Waals surface area (Å²) in [4.78, 5) is 2.45. The van der Waals surface area contributed by atoms with Crippen LogP contribution in [0.15, 0.2) is 0 Å². The van der Waals surface area contributed by atoms with Gasteiger partial charge in [-0.3, -0.25) is 9.58 Å². The minimum absolute atomic E-state index is 0.557. The first-order valence-electron chi connectivity index (χ1n) is 6.85. The number of nitrogens with zero attached hydrogens (tertiary/aromatic N) is 3. The first-order valence-corrected chi connectivity index (χ1v) is 7.23. The van der Waals surface area contributed by atoms with E-state index >= 15 is 0 Å². The lowest BCUT2D eigenvalue weighted by Crippen LogP contribution is -2.48. The van der Waals surface area contributed by atoms with Crippen molar-refractivity contribution in [3.05, 3.63) is 16.4 Å². The largest absolute Gasteiger partial charge is 0.312 e. The van der Waals surface area contributed by atoms with E-state index in [1.54, 1.807) is 0 Å². The van der Waals surface area contributed by atoms with Gasteiger partial charge >= 0.3 is 0 Å². The normalized spacial score (nSPS) is 21.4. The van der Waals surface area contributed by atoms with Crippen LogP contribution >= 0.6 is 11.6 Å². The molecular weight excluding hydrogens is 248 g/mol. The Morgan fingerprint density at radius 3 is 2.83 bits per heavy atom. The van der Waals surface area contributed by atoms with Crippen LogP contribution in [0.2, 0.25) is 5.02 Å². The predicted octanol–water partition coefficient (Wildman–Crippen LogP) is 1.91. The Hall–Kier alpha value is -0.580. The van der Waals surface area contributed by atoms with Crippen molar-refractivity contribution in [3.63, 3.8) is 0 Å². The molecule has 1 saturated heterocycles. The fourth-order valence-corrected chi connectivity index (χ4v) is 2.86. The maximum Gasteiger partial charge on any atom is 0.0863 e.